The van der Waals surface area contributed by atoms with Crippen molar-refractivity contribution in [3.63, 3.8) is 0 Å². The molecule has 1 rings (SSSR count). The van der Waals surface area contributed by atoms with Gasteiger partial charge in [-0.3, -0.25) is 0 Å². The van der Waals surface area contributed by atoms with Gasteiger partial charge in [-0.05, 0) is 18.1 Å². The third-order valence-corrected chi connectivity index (χ3v) is 2.50. The van der Waals surface area contributed by atoms with E-state index in [2.05, 4.69) is 6.92 Å². The van der Waals surface area contributed by atoms with E-state index in [1.807, 2.05) is 18.2 Å². The van der Waals surface area contributed by atoms with E-state index in [9.17, 15) is 10.2 Å². The summed E-state index contributed by atoms with van der Waals surface area (Å²) < 4.78 is 0. The highest BCUT2D eigenvalue weighted by Gasteiger charge is 2.15. The van der Waals surface area contributed by atoms with Gasteiger partial charge in [0.15, 0.2) is 0 Å². The van der Waals surface area contributed by atoms with E-state index in [1.54, 1.807) is 6.07 Å². The van der Waals surface area contributed by atoms with Gasteiger partial charge in [-0.2, -0.15) is 0 Å². The molecule has 0 spiro atoms. The van der Waals surface area contributed by atoms with Gasteiger partial charge in [-0.15, -0.1) is 0 Å². The second-order valence-corrected chi connectivity index (χ2v) is 3.63. The smallest absolute Gasteiger partial charge is 0.0839 e. The first kappa shape index (κ1) is 11.5. The molecule has 2 atom stereocenters. The van der Waals surface area contributed by atoms with Crippen molar-refractivity contribution in [2.75, 3.05) is 0 Å². The van der Waals surface area contributed by atoms with Crippen LogP contribution in [0.2, 0.25) is 5.02 Å². The SMILES string of the molecule is [CH2]C[C@H](O)[C@@H](O)Cc1ccccc1Cl. The Morgan fingerprint density at radius 1 is 1.21 bits per heavy atom. The van der Waals surface area contributed by atoms with Crippen molar-refractivity contribution in [2.45, 2.75) is 25.0 Å². The first-order valence-electron chi connectivity index (χ1n) is 4.54. The number of aliphatic hydroxyl groups excluding tert-OH is 2. The number of hydrogen-bond acceptors (Lipinski definition) is 2. The van der Waals surface area contributed by atoms with Crippen molar-refractivity contribution >= 4 is 11.6 Å². The highest BCUT2D eigenvalue weighted by atomic mass is 35.5. The average molecular weight is 214 g/mol. The van der Waals surface area contributed by atoms with E-state index in [1.165, 1.54) is 0 Å². The largest absolute Gasteiger partial charge is 0.390 e. The molecule has 0 heterocycles. The summed E-state index contributed by atoms with van der Waals surface area (Å²) in [5.41, 5.74) is 0.842. The number of rotatable bonds is 4. The van der Waals surface area contributed by atoms with Crippen LogP contribution in [-0.4, -0.2) is 22.4 Å². The summed E-state index contributed by atoms with van der Waals surface area (Å²) in [6.45, 7) is 3.53. The molecule has 0 unspecified atom stereocenters. The maximum absolute atomic E-state index is 9.55. The van der Waals surface area contributed by atoms with Crippen molar-refractivity contribution in [2.24, 2.45) is 0 Å². The Bertz CT molecular complexity index is 288. The highest BCUT2D eigenvalue weighted by molar-refractivity contribution is 6.31. The van der Waals surface area contributed by atoms with Gasteiger partial charge in [0.2, 0.25) is 0 Å². The van der Waals surface area contributed by atoms with E-state index < -0.39 is 12.2 Å². The van der Waals surface area contributed by atoms with Crippen LogP contribution >= 0.6 is 11.6 Å². The van der Waals surface area contributed by atoms with Crippen LogP contribution in [0, 0.1) is 6.92 Å². The molecule has 0 aliphatic heterocycles. The van der Waals surface area contributed by atoms with Crippen molar-refractivity contribution in [3.05, 3.63) is 41.8 Å². The maximum atomic E-state index is 9.55. The zero-order chi connectivity index (χ0) is 10.6. The van der Waals surface area contributed by atoms with Crippen LogP contribution in [0.5, 0.6) is 0 Å². The molecule has 77 valence electrons. The molecule has 0 amide bonds. The van der Waals surface area contributed by atoms with E-state index in [0.717, 1.165) is 5.56 Å². The van der Waals surface area contributed by atoms with Crippen LogP contribution in [0.3, 0.4) is 0 Å². The molecule has 3 heteroatoms. The fraction of sp³-hybridized carbons (Fsp3) is 0.364. The summed E-state index contributed by atoms with van der Waals surface area (Å²) in [7, 11) is 0. The summed E-state index contributed by atoms with van der Waals surface area (Å²) in [4.78, 5) is 0. The van der Waals surface area contributed by atoms with Gasteiger partial charge in [0.05, 0.1) is 12.2 Å². The van der Waals surface area contributed by atoms with Crippen LogP contribution < -0.4 is 0 Å². The van der Waals surface area contributed by atoms with Gasteiger partial charge in [-0.1, -0.05) is 36.7 Å². The third kappa shape index (κ3) is 2.98. The predicted molar refractivity (Wildman–Crippen MR) is 57.1 cm³/mol. The summed E-state index contributed by atoms with van der Waals surface area (Å²) >= 11 is 5.91. The molecule has 0 saturated carbocycles. The Kier molecular flexibility index (Phi) is 4.39. The Labute approximate surface area is 89.1 Å². The van der Waals surface area contributed by atoms with Crippen molar-refractivity contribution in [3.8, 4) is 0 Å². The van der Waals surface area contributed by atoms with Crippen LogP contribution in [0.25, 0.3) is 0 Å². The fourth-order valence-corrected chi connectivity index (χ4v) is 1.43. The molecule has 2 N–H and O–H groups in total. The van der Waals surface area contributed by atoms with Crippen LogP contribution in [0.15, 0.2) is 24.3 Å². The molecule has 1 aromatic rings. The van der Waals surface area contributed by atoms with E-state index in [0.29, 0.717) is 17.9 Å². The fourth-order valence-electron chi connectivity index (χ4n) is 1.22. The number of halogens is 1. The predicted octanol–water partition coefficient (Wildman–Crippen LogP) is 1.83. The Morgan fingerprint density at radius 2 is 1.86 bits per heavy atom. The molecule has 1 radical (unpaired) electrons. The Balaban J connectivity index is 2.64. The molecule has 0 aliphatic rings. The zero-order valence-corrected chi connectivity index (χ0v) is 8.61. The Morgan fingerprint density at radius 3 is 2.43 bits per heavy atom. The topological polar surface area (TPSA) is 40.5 Å². The normalized spacial score (nSPS) is 15.1. The number of benzene rings is 1. The van der Waals surface area contributed by atoms with Crippen LogP contribution in [0.4, 0.5) is 0 Å². The molecule has 0 aromatic heterocycles. The molecular formula is C11H14ClO2. The lowest BCUT2D eigenvalue weighted by Gasteiger charge is -2.16. The molecular weight excluding hydrogens is 200 g/mol. The van der Waals surface area contributed by atoms with Crippen molar-refractivity contribution in [1.29, 1.82) is 0 Å². The zero-order valence-electron chi connectivity index (χ0n) is 7.86. The van der Waals surface area contributed by atoms with Crippen molar-refractivity contribution in [1.82, 2.24) is 0 Å². The minimum Gasteiger partial charge on any atom is -0.390 e. The quantitative estimate of drug-likeness (QED) is 0.801. The van der Waals surface area contributed by atoms with Gasteiger partial charge >= 0.3 is 0 Å². The Hall–Kier alpha value is -0.570. The monoisotopic (exact) mass is 213 g/mol. The molecule has 2 nitrogen and oxygen atoms in total. The molecule has 14 heavy (non-hydrogen) atoms. The standard InChI is InChI=1S/C11H14ClO2/c1-2-10(13)11(14)7-8-5-3-4-6-9(8)12/h3-6,10-11,13-14H,1-2,7H2/t10-,11-/m0/s1. The lowest BCUT2D eigenvalue weighted by atomic mass is 10.0. The average Bonchev–Trinajstić information content (AvgIpc) is 2.20. The molecule has 1 aromatic carbocycles. The van der Waals surface area contributed by atoms with Gasteiger partial charge in [0.1, 0.15) is 0 Å². The summed E-state index contributed by atoms with van der Waals surface area (Å²) in [5, 5.41) is 19.5. The summed E-state index contributed by atoms with van der Waals surface area (Å²) in [6, 6.07) is 7.28. The van der Waals surface area contributed by atoms with E-state index >= 15 is 0 Å². The lowest BCUT2D eigenvalue weighted by molar-refractivity contribution is 0.0218. The highest BCUT2D eigenvalue weighted by Crippen LogP contribution is 2.17. The summed E-state index contributed by atoms with van der Waals surface area (Å²) in [6.07, 6.45) is -0.930. The number of aliphatic hydroxyl groups is 2. The second kappa shape index (κ2) is 5.35. The minimum absolute atomic E-state index is 0.297. The first-order valence-corrected chi connectivity index (χ1v) is 4.91. The van der Waals surface area contributed by atoms with E-state index in [-0.39, 0.29) is 0 Å². The van der Waals surface area contributed by atoms with E-state index in [4.69, 9.17) is 11.6 Å². The third-order valence-electron chi connectivity index (χ3n) is 2.13. The van der Waals surface area contributed by atoms with Gasteiger partial charge in [0, 0.05) is 11.4 Å². The van der Waals surface area contributed by atoms with Crippen LogP contribution in [-0.2, 0) is 6.42 Å². The van der Waals surface area contributed by atoms with Crippen LogP contribution in [0.1, 0.15) is 12.0 Å². The number of hydrogen-bond donors (Lipinski definition) is 2. The lowest BCUT2D eigenvalue weighted by Crippen LogP contribution is -2.27. The van der Waals surface area contributed by atoms with Crippen molar-refractivity contribution < 1.29 is 10.2 Å². The summed E-state index contributed by atoms with van der Waals surface area (Å²) in [5.74, 6) is 0. The first-order chi connectivity index (χ1) is 6.65. The van der Waals surface area contributed by atoms with Gasteiger partial charge in [-0.25, -0.2) is 0 Å². The molecule has 0 fully saturated rings. The maximum Gasteiger partial charge on any atom is 0.0839 e. The minimum atomic E-state index is -0.799. The molecule has 0 bridgehead atoms. The second-order valence-electron chi connectivity index (χ2n) is 3.22. The van der Waals surface area contributed by atoms with Gasteiger partial charge in [0.25, 0.3) is 0 Å². The molecule has 0 saturated heterocycles. The molecule has 0 aliphatic carbocycles. The van der Waals surface area contributed by atoms with Gasteiger partial charge < -0.3 is 10.2 Å².